The summed E-state index contributed by atoms with van der Waals surface area (Å²) in [5, 5.41) is 6.32. The zero-order chi connectivity index (χ0) is 14.2. The van der Waals surface area contributed by atoms with Crippen LogP contribution in [0.5, 0.6) is 5.75 Å². The lowest BCUT2D eigenvalue weighted by Crippen LogP contribution is -2.23. The summed E-state index contributed by atoms with van der Waals surface area (Å²) in [4.78, 5) is 11.8. The Morgan fingerprint density at radius 1 is 1.37 bits per heavy atom. The lowest BCUT2D eigenvalue weighted by Gasteiger charge is -2.19. The summed E-state index contributed by atoms with van der Waals surface area (Å²) in [6, 6.07) is 3.24. The van der Waals surface area contributed by atoms with Crippen LogP contribution >= 0.6 is 11.6 Å². The first kappa shape index (κ1) is 14.2. The molecule has 1 heterocycles. The molecule has 0 fully saturated rings. The number of anilines is 1. The Morgan fingerprint density at radius 3 is 2.63 bits per heavy atom. The van der Waals surface area contributed by atoms with Crippen LogP contribution in [0.1, 0.15) is 32.4 Å². The maximum absolute atomic E-state index is 11.8. The van der Waals surface area contributed by atoms with Gasteiger partial charge in [-0.15, -0.1) is 0 Å². The van der Waals surface area contributed by atoms with E-state index in [2.05, 4.69) is 24.5 Å². The van der Waals surface area contributed by atoms with E-state index in [-0.39, 0.29) is 18.1 Å². The van der Waals surface area contributed by atoms with Crippen LogP contribution in [0.3, 0.4) is 0 Å². The number of likely N-dealkylation sites (N-methyl/N-ethyl adjacent to an activating group) is 1. The molecule has 1 aliphatic rings. The minimum atomic E-state index is -0.343. The van der Waals surface area contributed by atoms with Crippen molar-refractivity contribution in [1.82, 2.24) is 5.32 Å². The molecule has 0 aromatic heterocycles. The minimum absolute atomic E-state index is 0.0627. The first-order chi connectivity index (χ1) is 8.93. The maximum atomic E-state index is 11.8. The molecule has 0 saturated carbocycles. The second kappa shape index (κ2) is 5.39. The second-order valence-electron chi connectivity index (χ2n) is 5.15. The van der Waals surface area contributed by atoms with E-state index in [4.69, 9.17) is 16.3 Å². The molecule has 19 heavy (non-hydrogen) atoms. The molecule has 2 N–H and O–H groups in total. The minimum Gasteiger partial charge on any atom is -0.489 e. The topological polar surface area (TPSA) is 50.4 Å². The maximum Gasteiger partial charge on any atom is 0.246 e. The van der Waals surface area contributed by atoms with Crippen LogP contribution in [0.2, 0.25) is 5.02 Å². The van der Waals surface area contributed by atoms with Gasteiger partial charge in [-0.3, -0.25) is 4.79 Å². The fourth-order valence-corrected chi connectivity index (χ4v) is 2.19. The van der Waals surface area contributed by atoms with Crippen LogP contribution in [0.4, 0.5) is 5.69 Å². The highest BCUT2D eigenvalue weighted by atomic mass is 35.5. The lowest BCUT2D eigenvalue weighted by molar-refractivity contribution is -0.117. The number of nitrogens with one attached hydrogen (secondary N) is 2. The lowest BCUT2D eigenvalue weighted by atomic mass is 10.1. The predicted octanol–water partition coefficient (Wildman–Crippen LogP) is 2.98. The van der Waals surface area contributed by atoms with Crippen LogP contribution < -0.4 is 15.4 Å². The molecule has 1 amide bonds. The van der Waals surface area contributed by atoms with E-state index in [0.717, 1.165) is 11.3 Å². The monoisotopic (exact) mass is 282 g/mol. The molecular formula is C14H19ClN2O2. The molecular weight excluding hydrogens is 264 g/mol. The Kier molecular flexibility index (Phi) is 4.02. The van der Waals surface area contributed by atoms with Crippen LogP contribution in [0, 0.1) is 5.92 Å². The van der Waals surface area contributed by atoms with Crippen molar-refractivity contribution >= 4 is 23.2 Å². The number of fused-ring (bicyclic) bond motifs is 1. The van der Waals surface area contributed by atoms with E-state index in [9.17, 15) is 4.79 Å². The summed E-state index contributed by atoms with van der Waals surface area (Å²) in [7, 11) is 1.75. The third-order valence-corrected chi connectivity index (χ3v) is 3.77. The standard InChI is InChI=1S/C14H19ClN2O2/c1-7(2)8(3)19-12-6-11-9(5-10(12)15)13(16-4)14(18)17-11/h5-8,13,16H,1-4H3,(H,17,18). The molecule has 0 saturated heterocycles. The number of ether oxygens (including phenoxy) is 1. The van der Waals surface area contributed by atoms with Crippen LogP contribution in [0.25, 0.3) is 0 Å². The van der Waals surface area contributed by atoms with Gasteiger partial charge in [0.05, 0.1) is 11.1 Å². The fourth-order valence-electron chi connectivity index (χ4n) is 1.98. The molecule has 5 heteroatoms. The molecule has 0 bridgehead atoms. The molecule has 4 nitrogen and oxygen atoms in total. The van der Waals surface area contributed by atoms with Crippen LogP contribution in [0.15, 0.2) is 12.1 Å². The number of amides is 1. The van der Waals surface area contributed by atoms with E-state index < -0.39 is 0 Å². The summed E-state index contributed by atoms with van der Waals surface area (Å²) in [5.41, 5.74) is 1.63. The van der Waals surface area contributed by atoms with Gasteiger partial charge in [0.25, 0.3) is 0 Å². The van der Waals surface area contributed by atoms with Crippen molar-refractivity contribution in [3.05, 3.63) is 22.7 Å². The summed E-state index contributed by atoms with van der Waals surface area (Å²) in [5.74, 6) is 0.935. The molecule has 0 spiro atoms. The van der Waals surface area contributed by atoms with Crippen molar-refractivity contribution in [1.29, 1.82) is 0 Å². The fraction of sp³-hybridized carbons (Fsp3) is 0.500. The summed E-state index contributed by atoms with van der Waals surface area (Å²) >= 11 is 6.23. The molecule has 104 valence electrons. The quantitative estimate of drug-likeness (QED) is 0.893. The Labute approximate surface area is 118 Å². The molecule has 0 aliphatic carbocycles. The average molecular weight is 283 g/mol. The number of hydrogen-bond donors (Lipinski definition) is 2. The largest absolute Gasteiger partial charge is 0.489 e. The predicted molar refractivity (Wildman–Crippen MR) is 76.8 cm³/mol. The first-order valence-electron chi connectivity index (χ1n) is 6.42. The number of carbonyl (C=O) groups is 1. The highest BCUT2D eigenvalue weighted by Crippen LogP contribution is 2.39. The Morgan fingerprint density at radius 2 is 2.05 bits per heavy atom. The van der Waals surface area contributed by atoms with Crippen molar-refractivity contribution < 1.29 is 9.53 Å². The summed E-state index contributed by atoms with van der Waals surface area (Å²) in [6.07, 6.45) is 0.0627. The third kappa shape index (κ3) is 2.69. The van der Waals surface area contributed by atoms with Gasteiger partial charge in [-0.1, -0.05) is 25.4 Å². The Hall–Kier alpha value is -1.26. The van der Waals surface area contributed by atoms with Gasteiger partial charge in [-0.2, -0.15) is 0 Å². The summed E-state index contributed by atoms with van der Waals surface area (Å²) < 4.78 is 5.83. The van der Waals surface area contributed by atoms with Crippen molar-refractivity contribution in [2.45, 2.75) is 32.9 Å². The Balaban J connectivity index is 2.31. The third-order valence-electron chi connectivity index (χ3n) is 3.48. The van der Waals surface area contributed by atoms with Gasteiger partial charge in [0.15, 0.2) is 0 Å². The van der Waals surface area contributed by atoms with Gasteiger partial charge >= 0.3 is 0 Å². The highest BCUT2D eigenvalue weighted by molar-refractivity contribution is 6.32. The van der Waals surface area contributed by atoms with Crippen LogP contribution in [-0.4, -0.2) is 19.1 Å². The number of carbonyl (C=O) groups excluding carboxylic acids is 1. The van der Waals surface area contributed by atoms with Gasteiger partial charge < -0.3 is 15.4 Å². The van der Waals surface area contributed by atoms with Crippen LogP contribution in [-0.2, 0) is 4.79 Å². The number of halogens is 1. The van der Waals surface area contributed by atoms with Gasteiger partial charge in [-0.25, -0.2) is 0 Å². The van der Waals surface area contributed by atoms with Gasteiger partial charge in [0.1, 0.15) is 11.8 Å². The van der Waals surface area contributed by atoms with E-state index >= 15 is 0 Å². The van der Waals surface area contributed by atoms with Crippen molar-refractivity contribution in [3.63, 3.8) is 0 Å². The number of hydrogen-bond acceptors (Lipinski definition) is 3. The molecule has 1 aliphatic heterocycles. The normalized spacial score (nSPS) is 19.3. The number of rotatable bonds is 4. The molecule has 1 aromatic carbocycles. The molecule has 1 aromatic rings. The van der Waals surface area contributed by atoms with Gasteiger partial charge in [-0.05, 0) is 26.0 Å². The van der Waals surface area contributed by atoms with Gasteiger partial charge in [0, 0.05) is 17.3 Å². The zero-order valence-electron chi connectivity index (χ0n) is 11.6. The molecule has 2 rings (SSSR count). The molecule has 2 unspecified atom stereocenters. The average Bonchev–Trinajstić information content (AvgIpc) is 2.64. The van der Waals surface area contributed by atoms with E-state index in [1.54, 1.807) is 19.2 Å². The van der Waals surface area contributed by atoms with Crippen molar-refractivity contribution in [3.8, 4) is 5.75 Å². The first-order valence-corrected chi connectivity index (χ1v) is 6.80. The highest BCUT2D eigenvalue weighted by Gasteiger charge is 2.30. The van der Waals surface area contributed by atoms with E-state index in [1.165, 1.54) is 0 Å². The van der Waals surface area contributed by atoms with E-state index in [1.807, 2.05) is 6.92 Å². The van der Waals surface area contributed by atoms with E-state index in [0.29, 0.717) is 16.7 Å². The smallest absolute Gasteiger partial charge is 0.246 e. The Bertz CT molecular complexity index is 502. The molecule has 0 radical (unpaired) electrons. The number of benzene rings is 1. The summed E-state index contributed by atoms with van der Waals surface area (Å²) in [6.45, 7) is 6.18. The SMILES string of the molecule is CNC1C(=O)Nc2cc(OC(C)C(C)C)c(Cl)cc21. The van der Waals surface area contributed by atoms with Gasteiger partial charge in [0.2, 0.25) is 5.91 Å². The van der Waals surface area contributed by atoms with Crippen molar-refractivity contribution in [2.24, 2.45) is 5.92 Å². The molecule has 2 atom stereocenters. The van der Waals surface area contributed by atoms with Crippen molar-refractivity contribution in [2.75, 3.05) is 12.4 Å². The second-order valence-corrected chi connectivity index (χ2v) is 5.56. The zero-order valence-corrected chi connectivity index (χ0v) is 12.3.